The molecule has 1 aromatic rings. The minimum absolute atomic E-state index is 0.216. The van der Waals surface area contributed by atoms with Gasteiger partial charge in [0.1, 0.15) is 0 Å². The maximum atomic E-state index is 12.3. The van der Waals surface area contributed by atoms with Crippen molar-refractivity contribution in [3.05, 3.63) is 30.1 Å². The second kappa shape index (κ2) is 7.64. The van der Waals surface area contributed by atoms with Crippen molar-refractivity contribution in [1.29, 1.82) is 0 Å². The predicted molar refractivity (Wildman–Crippen MR) is 83.7 cm³/mol. The Labute approximate surface area is 125 Å². The van der Waals surface area contributed by atoms with Crippen LogP contribution in [0, 0.1) is 0 Å². The van der Waals surface area contributed by atoms with Gasteiger partial charge in [-0.15, -0.1) is 0 Å². The highest BCUT2D eigenvalue weighted by molar-refractivity contribution is 7.99. The molecule has 0 radical (unpaired) electrons. The molecule has 1 aromatic heterocycles. The summed E-state index contributed by atoms with van der Waals surface area (Å²) in [6.07, 6.45) is 5.87. The van der Waals surface area contributed by atoms with E-state index in [1.54, 1.807) is 6.20 Å². The van der Waals surface area contributed by atoms with E-state index in [1.807, 2.05) is 54.0 Å². The first-order valence-corrected chi connectivity index (χ1v) is 8.23. The van der Waals surface area contributed by atoms with E-state index in [4.69, 9.17) is 0 Å². The van der Waals surface area contributed by atoms with Crippen LogP contribution >= 0.6 is 11.8 Å². The van der Waals surface area contributed by atoms with Crippen LogP contribution in [0.1, 0.15) is 18.4 Å². The van der Waals surface area contributed by atoms with Crippen molar-refractivity contribution in [1.82, 2.24) is 14.8 Å². The van der Waals surface area contributed by atoms with Crippen molar-refractivity contribution in [2.45, 2.75) is 25.4 Å². The van der Waals surface area contributed by atoms with Crippen LogP contribution in [-0.4, -0.2) is 58.9 Å². The van der Waals surface area contributed by atoms with Crippen molar-refractivity contribution in [2.75, 3.05) is 32.1 Å². The molecular formula is C15H23N3OS. The average molecular weight is 293 g/mol. The van der Waals surface area contributed by atoms with Gasteiger partial charge in [0.25, 0.3) is 0 Å². The van der Waals surface area contributed by atoms with Crippen molar-refractivity contribution in [3.63, 3.8) is 0 Å². The van der Waals surface area contributed by atoms with Crippen LogP contribution in [0.25, 0.3) is 0 Å². The van der Waals surface area contributed by atoms with Gasteiger partial charge in [-0.2, -0.15) is 11.8 Å². The topological polar surface area (TPSA) is 36.4 Å². The van der Waals surface area contributed by atoms with E-state index in [0.29, 0.717) is 12.6 Å². The molecule has 0 aromatic carbocycles. The summed E-state index contributed by atoms with van der Waals surface area (Å²) in [5, 5.41) is 0. The second-order valence-electron chi connectivity index (χ2n) is 5.38. The Morgan fingerprint density at radius 1 is 1.40 bits per heavy atom. The number of hydrogen-bond acceptors (Lipinski definition) is 4. The van der Waals surface area contributed by atoms with Crippen LogP contribution in [0.15, 0.2) is 24.5 Å². The smallest absolute Gasteiger partial charge is 0.236 e. The lowest BCUT2D eigenvalue weighted by molar-refractivity contribution is -0.133. The molecule has 5 heteroatoms. The minimum Gasteiger partial charge on any atom is -0.342 e. The molecule has 0 unspecified atom stereocenters. The Bertz CT molecular complexity index is 420. The number of thioether (sulfide) groups is 1. The molecule has 0 saturated carbocycles. The van der Waals surface area contributed by atoms with E-state index in [9.17, 15) is 4.79 Å². The van der Waals surface area contributed by atoms with Crippen LogP contribution in [0.3, 0.4) is 0 Å². The number of rotatable bonds is 5. The van der Waals surface area contributed by atoms with Crippen LogP contribution in [0.4, 0.5) is 0 Å². The number of carbonyl (C=O) groups is 1. The van der Waals surface area contributed by atoms with Crippen molar-refractivity contribution < 1.29 is 4.79 Å². The molecule has 4 nitrogen and oxygen atoms in total. The molecule has 1 amide bonds. The summed E-state index contributed by atoms with van der Waals surface area (Å²) in [5.41, 5.74) is 1.14. The molecule has 110 valence electrons. The lowest BCUT2D eigenvalue weighted by Crippen LogP contribution is -2.43. The predicted octanol–water partition coefficient (Wildman–Crippen LogP) is 1.87. The van der Waals surface area contributed by atoms with Crippen LogP contribution in [0.5, 0.6) is 0 Å². The molecule has 20 heavy (non-hydrogen) atoms. The summed E-state index contributed by atoms with van der Waals surface area (Å²) in [5.74, 6) is 2.56. The van der Waals surface area contributed by atoms with Crippen LogP contribution < -0.4 is 0 Å². The van der Waals surface area contributed by atoms with Gasteiger partial charge in [0.15, 0.2) is 0 Å². The molecule has 0 spiro atoms. The molecule has 0 N–H and O–H groups in total. The highest BCUT2D eigenvalue weighted by Gasteiger charge is 2.22. The quantitative estimate of drug-likeness (QED) is 0.830. The maximum absolute atomic E-state index is 12.3. The average Bonchev–Trinajstić information content (AvgIpc) is 2.48. The molecular weight excluding hydrogens is 270 g/mol. The van der Waals surface area contributed by atoms with Gasteiger partial charge in [-0.1, -0.05) is 6.07 Å². The van der Waals surface area contributed by atoms with E-state index in [1.165, 1.54) is 11.5 Å². The Balaban J connectivity index is 1.80. The molecule has 0 aliphatic carbocycles. The first-order valence-electron chi connectivity index (χ1n) is 7.07. The SMILES string of the molecule is CN(CC(=O)N(C)C1CCSCC1)Cc1cccnc1. The largest absolute Gasteiger partial charge is 0.342 e. The highest BCUT2D eigenvalue weighted by Crippen LogP contribution is 2.20. The van der Waals surface area contributed by atoms with Gasteiger partial charge in [0.2, 0.25) is 5.91 Å². The molecule has 0 atom stereocenters. The number of likely N-dealkylation sites (N-methyl/N-ethyl adjacent to an activating group) is 2. The number of carbonyl (C=O) groups excluding carboxylic acids is 1. The highest BCUT2D eigenvalue weighted by atomic mass is 32.2. The van der Waals surface area contributed by atoms with Crippen LogP contribution in [-0.2, 0) is 11.3 Å². The third kappa shape index (κ3) is 4.49. The van der Waals surface area contributed by atoms with E-state index in [2.05, 4.69) is 4.98 Å². The lowest BCUT2D eigenvalue weighted by atomic mass is 10.1. The van der Waals surface area contributed by atoms with Crippen molar-refractivity contribution >= 4 is 17.7 Å². The molecule has 1 fully saturated rings. The summed E-state index contributed by atoms with van der Waals surface area (Å²) in [4.78, 5) is 20.4. The van der Waals surface area contributed by atoms with E-state index in [-0.39, 0.29) is 5.91 Å². The molecule has 1 aliphatic rings. The molecule has 0 bridgehead atoms. The van der Waals surface area contributed by atoms with E-state index in [0.717, 1.165) is 24.9 Å². The van der Waals surface area contributed by atoms with Gasteiger partial charge in [-0.3, -0.25) is 14.7 Å². The standard InChI is InChI=1S/C15H23N3OS/c1-17(11-13-4-3-7-16-10-13)12-15(19)18(2)14-5-8-20-9-6-14/h3-4,7,10,14H,5-6,8-9,11-12H2,1-2H3. The van der Waals surface area contributed by atoms with E-state index < -0.39 is 0 Å². The van der Waals surface area contributed by atoms with Gasteiger partial charge < -0.3 is 4.90 Å². The van der Waals surface area contributed by atoms with Crippen molar-refractivity contribution in [3.8, 4) is 0 Å². The normalized spacial score (nSPS) is 16.4. The van der Waals surface area contributed by atoms with Gasteiger partial charge in [-0.05, 0) is 43.0 Å². The lowest BCUT2D eigenvalue weighted by Gasteiger charge is -2.32. The minimum atomic E-state index is 0.216. The Morgan fingerprint density at radius 2 is 2.15 bits per heavy atom. The van der Waals surface area contributed by atoms with Crippen molar-refractivity contribution in [2.24, 2.45) is 0 Å². The van der Waals surface area contributed by atoms with Gasteiger partial charge >= 0.3 is 0 Å². The fourth-order valence-electron chi connectivity index (χ4n) is 2.48. The van der Waals surface area contributed by atoms with Gasteiger partial charge in [0, 0.05) is 32.0 Å². The number of aromatic nitrogens is 1. The Hall–Kier alpha value is -1.07. The fourth-order valence-corrected chi connectivity index (χ4v) is 3.56. The first kappa shape index (κ1) is 15.3. The Kier molecular flexibility index (Phi) is 5.86. The summed E-state index contributed by atoms with van der Waals surface area (Å²) in [6, 6.07) is 4.39. The number of nitrogens with zero attached hydrogens (tertiary/aromatic N) is 3. The first-order chi connectivity index (χ1) is 9.66. The van der Waals surface area contributed by atoms with Crippen LogP contribution in [0.2, 0.25) is 0 Å². The van der Waals surface area contributed by atoms with Gasteiger partial charge in [-0.25, -0.2) is 0 Å². The zero-order valence-corrected chi connectivity index (χ0v) is 13.1. The third-order valence-corrected chi connectivity index (χ3v) is 4.76. The summed E-state index contributed by atoms with van der Waals surface area (Å²) in [7, 11) is 3.93. The summed E-state index contributed by atoms with van der Waals surface area (Å²) >= 11 is 1.99. The number of amides is 1. The zero-order chi connectivity index (χ0) is 14.4. The fraction of sp³-hybridized carbons (Fsp3) is 0.600. The molecule has 1 saturated heterocycles. The van der Waals surface area contributed by atoms with E-state index >= 15 is 0 Å². The number of pyridine rings is 1. The van der Waals surface area contributed by atoms with Gasteiger partial charge in [0.05, 0.1) is 6.54 Å². The monoisotopic (exact) mass is 293 g/mol. The Morgan fingerprint density at radius 3 is 2.80 bits per heavy atom. The zero-order valence-electron chi connectivity index (χ0n) is 12.3. The molecule has 1 aliphatic heterocycles. The maximum Gasteiger partial charge on any atom is 0.236 e. The number of hydrogen-bond donors (Lipinski definition) is 0. The third-order valence-electron chi connectivity index (χ3n) is 3.71. The molecule has 2 heterocycles. The molecule has 2 rings (SSSR count). The summed E-state index contributed by atoms with van der Waals surface area (Å²) < 4.78 is 0. The second-order valence-corrected chi connectivity index (χ2v) is 6.61. The summed E-state index contributed by atoms with van der Waals surface area (Å²) in [6.45, 7) is 1.23.